The molecule has 2 aromatic carbocycles. The average Bonchev–Trinajstić information content (AvgIpc) is 2.51. The van der Waals surface area contributed by atoms with Gasteiger partial charge in [-0.15, -0.1) is 0 Å². The molecule has 0 aliphatic heterocycles. The van der Waals surface area contributed by atoms with Gasteiger partial charge < -0.3 is 15.5 Å². The van der Waals surface area contributed by atoms with Crippen LogP contribution in [0, 0.1) is 5.92 Å². The lowest BCUT2D eigenvalue weighted by atomic mass is 10.1. The van der Waals surface area contributed by atoms with E-state index in [0.717, 1.165) is 27.5 Å². The van der Waals surface area contributed by atoms with Gasteiger partial charge in [0, 0.05) is 23.2 Å². The monoisotopic (exact) mass is 282 g/mol. The van der Waals surface area contributed by atoms with Gasteiger partial charge in [0.1, 0.15) is 0 Å². The standard InChI is InChI=1S/C17H18N2O2/c1-11(17(20)21)10-18-16-12-6-2-4-8-14(12)19-15-9-5-3-7-13(15)16/h2-9,11,17,20-21H,10H2,1H3,(H,18,19). The number of aromatic nitrogens is 1. The number of rotatable bonds is 4. The first-order valence-corrected chi connectivity index (χ1v) is 7.04. The molecule has 0 radical (unpaired) electrons. The highest BCUT2D eigenvalue weighted by Crippen LogP contribution is 2.30. The van der Waals surface area contributed by atoms with Crippen LogP contribution in [0.25, 0.3) is 21.8 Å². The zero-order valence-electron chi connectivity index (χ0n) is 11.8. The molecule has 3 rings (SSSR count). The quantitative estimate of drug-likeness (QED) is 0.508. The van der Waals surface area contributed by atoms with Gasteiger partial charge in [-0.25, -0.2) is 4.98 Å². The molecule has 1 atom stereocenters. The molecule has 1 unspecified atom stereocenters. The van der Waals surface area contributed by atoms with E-state index < -0.39 is 6.29 Å². The minimum atomic E-state index is -1.32. The first-order valence-electron chi connectivity index (χ1n) is 7.04. The molecule has 108 valence electrons. The van der Waals surface area contributed by atoms with Crippen molar-refractivity contribution in [1.82, 2.24) is 4.98 Å². The zero-order valence-corrected chi connectivity index (χ0v) is 11.8. The van der Waals surface area contributed by atoms with Crippen molar-refractivity contribution in [2.75, 3.05) is 11.9 Å². The average molecular weight is 282 g/mol. The Morgan fingerprint density at radius 3 is 2.00 bits per heavy atom. The molecule has 3 N–H and O–H groups in total. The van der Waals surface area contributed by atoms with Crippen LogP contribution in [0.15, 0.2) is 48.5 Å². The summed E-state index contributed by atoms with van der Waals surface area (Å²) in [6, 6.07) is 15.9. The minimum Gasteiger partial charge on any atom is -0.383 e. The van der Waals surface area contributed by atoms with Crippen molar-refractivity contribution in [2.24, 2.45) is 5.92 Å². The maximum absolute atomic E-state index is 9.23. The van der Waals surface area contributed by atoms with Crippen LogP contribution in [0.3, 0.4) is 0 Å². The first-order chi connectivity index (χ1) is 10.2. The second kappa shape index (κ2) is 5.68. The number of aliphatic hydroxyl groups is 2. The van der Waals surface area contributed by atoms with Gasteiger partial charge in [-0.05, 0) is 12.1 Å². The number of hydrogen-bond acceptors (Lipinski definition) is 4. The number of hydrogen-bond donors (Lipinski definition) is 3. The minimum absolute atomic E-state index is 0.254. The molecule has 1 aromatic heterocycles. The Labute approximate surface area is 123 Å². The smallest absolute Gasteiger partial charge is 0.155 e. The van der Waals surface area contributed by atoms with Crippen LogP contribution in [0.5, 0.6) is 0 Å². The Morgan fingerprint density at radius 2 is 1.48 bits per heavy atom. The molecule has 0 saturated carbocycles. The summed E-state index contributed by atoms with van der Waals surface area (Å²) in [7, 11) is 0. The summed E-state index contributed by atoms with van der Waals surface area (Å²) in [5.74, 6) is -0.254. The summed E-state index contributed by atoms with van der Waals surface area (Å²) in [5, 5.41) is 23.9. The molecule has 0 amide bonds. The van der Waals surface area contributed by atoms with Crippen LogP contribution in [0.2, 0.25) is 0 Å². The lowest BCUT2D eigenvalue weighted by Crippen LogP contribution is -2.24. The predicted molar refractivity (Wildman–Crippen MR) is 85.1 cm³/mol. The second-order valence-electron chi connectivity index (χ2n) is 5.29. The van der Waals surface area contributed by atoms with E-state index in [1.165, 1.54) is 0 Å². The van der Waals surface area contributed by atoms with Gasteiger partial charge in [0.25, 0.3) is 0 Å². The fraction of sp³-hybridized carbons (Fsp3) is 0.235. The highest BCUT2D eigenvalue weighted by atomic mass is 16.5. The summed E-state index contributed by atoms with van der Waals surface area (Å²) >= 11 is 0. The van der Waals surface area contributed by atoms with Crippen LogP contribution < -0.4 is 5.32 Å². The van der Waals surface area contributed by atoms with Crippen molar-refractivity contribution in [3.8, 4) is 0 Å². The zero-order chi connectivity index (χ0) is 14.8. The van der Waals surface area contributed by atoms with Gasteiger partial charge in [-0.3, -0.25) is 0 Å². The van der Waals surface area contributed by atoms with Crippen LogP contribution in [-0.2, 0) is 0 Å². The maximum Gasteiger partial charge on any atom is 0.155 e. The summed E-state index contributed by atoms with van der Waals surface area (Å²) in [6.07, 6.45) is -1.32. The van der Waals surface area contributed by atoms with Crippen molar-refractivity contribution in [2.45, 2.75) is 13.2 Å². The van der Waals surface area contributed by atoms with E-state index in [-0.39, 0.29) is 5.92 Å². The third kappa shape index (κ3) is 2.68. The molecule has 0 aliphatic rings. The predicted octanol–water partition coefficient (Wildman–Crippen LogP) is 2.75. The van der Waals surface area contributed by atoms with E-state index in [1.54, 1.807) is 6.92 Å². The molecule has 1 heterocycles. The molecule has 0 saturated heterocycles. The normalized spacial score (nSPS) is 13.0. The Bertz CT molecular complexity index is 717. The molecular formula is C17H18N2O2. The van der Waals surface area contributed by atoms with Gasteiger partial charge >= 0.3 is 0 Å². The number of pyridine rings is 1. The highest BCUT2D eigenvalue weighted by Gasteiger charge is 2.13. The van der Waals surface area contributed by atoms with Gasteiger partial charge in [-0.1, -0.05) is 43.3 Å². The van der Waals surface area contributed by atoms with Gasteiger partial charge in [0.15, 0.2) is 6.29 Å². The molecule has 0 fully saturated rings. The lowest BCUT2D eigenvalue weighted by molar-refractivity contribution is -0.0744. The number of fused-ring (bicyclic) bond motifs is 2. The molecule has 3 aromatic rings. The Hall–Kier alpha value is -2.17. The van der Waals surface area contributed by atoms with Crippen molar-refractivity contribution >= 4 is 27.5 Å². The highest BCUT2D eigenvalue weighted by molar-refractivity contribution is 6.07. The number of nitrogens with zero attached hydrogens (tertiary/aromatic N) is 1. The summed E-state index contributed by atoms with van der Waals surface area (Å²) in [6.45, 7) is 2.28. The second-order valence-corrected chi connectivity index (χ2v) is 5.29. The van der Waals surface area contributed by atoms with Crippen molar-refractivity contribution in [3.63, 3.8) is 0 Å². The number of para-hydroxylation sites is 2. The molecule has 21 heavy (non-hydrogen) atoms. The van der Waals surface area contributed by atoms with Crippen molar-refractivity contribution in [1.29, 1.82) is 0 Å². The lowest BCUT2D eigenvalue weighted by Gasteiger charge is -2.18. The fourth-order valence-corrected chi connectivity index (χ4v) is 2.40. The van der Waals surface area contributed by atoms with Gasteiger partial charge in [-0.2, -0.15) is 0 Å². The van der Waals surface area contributed by atoms with E-state index in [0.29, 0.717) is 6.54 Å². The van der Waals surface area contributed by atoms with Crippen LogP contribution in [0.1, 0.15) is 6.92 Å². The first kappa shape index (κ1) is 13.8. The van der Waals surface area contributed by atoms with E-state index in [2.05, 4.69) is 10.3 Å². The van der Waals surface area contributed by atoms with E-state index in [9.17, 15) is 10.2 Å². The number of anilines is 1. The molecule has 4 nitrogen and oxygen atoms in total. The topological polar surface area (TPSA) is 65.4 Å². The van der Waals surface area contributed by atoms with E-state index >= 15 is 0 Å². The van der Waals surface area contributed by atoms with Crippen molar-refractivity contribution < 1.29 is 10.2 Å². The van der Waals surface area contributed by atoms with Crippen LogP contribution in [0.4, 0.5) is 5.69 Å². The number of benzene rings is 2. The number of aliphatic hydroxyl groups excluding tert-OH is 1. The fourth-order valence-electron chi connectivity index (χ4n) is 2.40. The van der Waals surface area contributed by atoms with E-state index in [4.69, 9.17) is 0 Å². The summed E-state index contributed by atoms with van der Waals surface area (Å²) in [5.41, 5.74) is 2.84. The maximum atomic E-state index is 9.23. The third-order valence-electron chi connectivity index (χ3n) is 3.70. The third-order valence-corrected chi connectivity index (χ3v) is 3.70. The van der Waals surface area contributed by atoms with Crippen LogP contribution in [-0.4, -0.2) is 28.0 Å². The van der Waals surface area contributed by atoms with E-state index in [1.807, 2.05) is 48.5 Å². The Kier molecular flexibility index (Phi) is 3.73. The Morgan fingerprint density at radius 1 is 0.952 bits per heavy atom. The van der Waals surface area contributed by atoms with Gasteiger partial charge in [0.2, 0.25) is 0 Å². The molecule has 0 aliphatic carbocycles. The van der Waals surface area contributed by atoms with Crippen LogP contribution >= 0.6 is 0 Å². The summed E-state index contributed by atoms with van der Waals surface area (Å²) < 4.78 is 0. The number of nitrogens with one attached hydrogen (secondary N) is 1. The SMILES string of the molecule is CC(CNc1c2ccccc2nc2ccccc12)C(O)O. The largest absolute Gasteiger partial charge is 0.383 e. The Balaban J connectivity index is 2.11. The molecule has 4 heteroatoms. The molecule has 0 bridgehead atoms. The summed E-state index contributed by atoms with van der Waals surface area (Å²) in [4.78, 5) is 4.66. The van der Waals surface area contributed by atoms with Crippen molar-refractivity contribution in [3.05, 3.63) is 48.5 Å². The molecule has 0 spiro atoms. The van der Waals surface area contributed by atoms with Gasteiger partial charge in [0.05, 0.1) is 16.7 Å². The molecular weight excluding hydrogens is 264 g/mol.